The molecule has 3 nitrogen and oxygen atoms in total. The van der Waals surface area contributed by atoms with Crippen molar-refractivity contribution in [3.05, 3.63) is 11.8 Å². The summed E-state index contributed by atoms with van der Waals surface area (Å²) in [6.45, 7) is 4.03. The Balaban J connectivity index is 2.81. The number of Topliss-reactive ketones (excluding diaryl/α,β-unsaturated/α-hetero) is 1. The van der Waals surface area contributed by atoms with Gasteiger partial charge in [0.1, 0.15) is 5.60 Å². The number of rotatable bonds is 1. The summed E-state index contributed by atoms with van der Waals surface area (Å²) in [5.74, 6) is 0.0937. The summed E-state index contributed by atoms with van der Waals surface area (Å²) in [4.78, 5) is 13.4. The van der Waals surface area contributed by atoms with Crippen LogP contribution in [0.3, 0.4) is 0 Å². The van der Waals surface area contributed by atoms with Gasteiger partial charge in [0.15, 0.2) is 5.78 Å². The average molecular weight is 169 g/mol. The average Bonchev–Trinajstić information content (AvgIpc) is 2.15. The van der Waals surface area contributed by atoms with Crippen molar-refractivity contribution >= 4 is 5.78 Å². The van der Waals surface area contributed by atoms with Crippen molar-refractivity contribution in [2.24, 2.45) is 0 Å². The Labute approximate surface area is 73.0 Å². The molecule has 3 heteroatoms. The summed E-state index contributed by atoms with van der Waals surface area (Å²) in [5.41, 5.74) is 0.131. The monoisotopic (exact) mass is 169 g/mol. The zero-order chi connectivity index (χ0) is 9.35. The zero-order valence-corrected chi connectivity index (χ0v) is 8.05. The molecule has 0 saturated carbocycles. The Morgan fingerprint density at radius 3 is 2.42 bits per heavy atom. The van der Waals surface area contributed by atoms with Crippen LogP contribution in [-0.2, 0) is 9.53 Å². The molecule has 0 bridgehead atoms. The van der Waals surface area contributed by atoms with Gasteiger partial charge in [-0.1, -0.05) is 0 Å². The molecule has 0 radical (unpaired) electrons. The first kappa shape index (κ1) is 9.26. The van der Waals surface area contributed by atoms with Crippen LogP contribution in [0.2, 0.25) is 0 Å². The molecular weight excluding hydrogens is 154 g/mol. The third kappa shape index (κ3) is 1.67. The minimum Gasteiger partial charge on any atom is -0.383 e. The molecule has 1 aliphatic rings. The largest absolute Gasteiger partial charge is 0.383 e. The van der Waals surface area contributed by atoms with Crippen molar-refractivity contribution in [3.63, 3.8) is 0 Å². The predicted molar refractivity (Wildman–Crippen MR) is 46.8 cm³/mol. The molecule has 0 atom stereocenters. The van der Waals surface area contributed by atoms with E-state index in [1.165, 1.54) is 0 Å². The van der Waals surface area contributed by atoms with Gasteiger partial charge in [-0.2, -0.15) is 0 Å². The highest BCUT2D eigenvalue weighted by Crippen LogP contribution is 2.24. The van der Waals surface area contributed by atoms with Gasteiger partial charge >= 0.3 is 0 Å². The van der Waals surface area contributed by atoms with E-state index in [4.69, 9.17) is 4.74 Å². The van der Waals surface area contributed by atoms with Gasteiger partial charge in [0.05, 0.1) is 6.61 Å². The normalized spacial score (nSPS) is 25.0. The van der Waals surface area contributed by atoms with Gasteiger partial charge in [-0.05, 0) is 13.8 Å². The van der Waals surface area contributed by atoms with E-state index in [9.17, 15) is 4.79 Å². The highest BCUT2D eigenvalue weighted by atomic mass is 16.5. The maximum atomic E-state index is 11.5. The van der Waals surface area contributed by atoms with Crippen molar-refractivity contribution in [2.45, 2.75) is 19.4 Å². The third-order valence-corrected chi connectivity index (χ3v) is 1.84. The van der Waals surface area contributed by atoms with E-state index in [1.807, 2.05) is 25.2 Å². The quantitative estimate of drug-likeness (QED) is 0.544. The first-order valence-corrected chi connectivity index (χ1v) is 3.99. The molecule has 1 fully saturated rings. The lowest BCUT2D eigenvalue weighted by molar-refractivity contribution is -0.126. The topological polar surface area (TPSA) is 29.5 Å². The molecule has 0 aromatic heterocycles. The summed E-state index contributed by atoms with van der Waals surface area (Å²) in [6.07, 6.45) is 1.82. The number of carbonyl (C=O) groups excluding carboxylic acids is 1. The van der Waals surface area contributed by atoms with Crippen LogP contribution in [0.1, 0.15) is 13.8 Å². The summed E-state index contributed by atoms with van der Waals surface area (Å²) in [6, 6.07) is 0. The van der Waals surface area contributed by atoms with Gasteiger partial charge in [-0.25, -0.2) is 0 Å². The maximum absolute atomic E-state index is 11.5. The van der Waals surface area contributed by atoms with Gasteiger partial charge in [0.25, 0.3) is 0 Å². The van der Waals surface area contributed by atoms with Crippen molar-refractivity contribution in [1.29, 1.82) is 0 Å². The third-order valence-electron chi connectivity index (χ3n) is 1.84. The van der Waals surface area contributed by atoms with Gasteiger partial charge in [0.2, 0.25) is 0 Å². The molecular formula is C9H15NO2. The summed E-state index contributed by atoms with van der Waals surface area (Å²) in [5, 5.41) is 0. The van der Waals surface area contributed by atoms with Crippen molar-refractivity contribution in [1.82, 2.24) is 4.90 Å². The van der Waals surface area contributed by atoms with Crippen LogP contribution in [0.15, 0.2) is 11.8 Å². The Hall–Kier alpha value is -0.830. The van der Waals surface area contributed by atoms with Crippen LogP contribution in [0.25, 0.3) is 0 Å². The summed E-state index contributed by atoms with van der Waals surface area (Å²) in [7, 11) is 3.79. The summed E-state index contributed by atoms with van der Waals surface area (Å²) >= 11 is 0. The Morgan fingerprint density at radius 2 is 2.08 bits per heavy atom. The number of hydrogen-bond acceptors (Lipinski definition) is 3. The molecule has 0 aromatic rings. The first-order chi connectivity index (χ1) is 5.43. The van der Waals surface area contributed by atoms with Gasteiger partial charge < -0.3 is 9.64 Å². The van der Waals surface area contributed by atoms with Crippen molar-refractivity contribution < 1.29 is 9.53 Å². The fourth-order valence-corrected chi connectivity index (χ4v) is 1.18. The van der Waals surface area contributed by atoms with Crippen molar-refractivity contribution in [2.75, 3.05) is 20.7 Å². The number of ether oxygens (including phenoxy) is 1. The molecule has 68 valence electrons. The Kier molecular flexibility index (Phi) is 2.24. The highest BCUT2D eigenvalue weighted by molar-refractivity contribution is 6.03. The minimum atomic E-state index is -0.623. The van der Waals surface area contributed by atoms with E-state index in [2.05, 4.69) is 0 Å². The first-order valence-electron chi connectivity index (χ1n) is 3.99. The Morgan fingerprint density at radius 1 is 1.50 bits per heavy atom. The van der Waals surface area contributed by atoms with Crippen LogP contribution < -0.4 is 0 Å². The van der Waals surface area contributed by atoms with Crippen LogP contribution in [-0.4, -0.2) is 37.0 Å². The molecule has 0 N–H and O–H groups in total. The smallest absolute Gasteiger partial charge is 0.193 e. The molecule has 1 heterocycles. The van der Waals surface area contributed by atoms with E-state index in [0.29, 0.717) is 6.61 Å². The molecule has 0 aliphatic carbocycles. The second-order valence-electron chi connectivity index (χ2n) is 3.75. The summed E-state index contributed by atoms with van der Waals surface area (Å²) < 4.78 is 5.32. The van der Waals surface area contributed by atoms with E-state index >= 15 is 0 Å². The van der Waals surface area contributed by atoms with Crippen LogP contribution >= 0.6 is 0 Å². The SMILES string of the molecule is CN(C)/C=C1\COC(C)(C)C1=O. The molecule has 12 heavy (non-hydrogen) atoms. The molecule has 0 unspecified atom stereocenters. The lowest BCUT2D eigenvalue weighted by Gasteiger charge is -2.12. The minimum absolute atomic E-state index is 0.0937. The standard InChI is InChI=1S/C9H15NO2/c1-9(2)8(11)7(6-12-9)5-10(3)4/h5H,6H2,1-4H3/b7-5+. The van der Waals surface area contributed by atoms with E-state index in [-0.39, 0.29) is 5.78 Å². The number of hydrogen-bond donors (Lipinski definition) is 0. The van der Waals surface area contributed by atoms with Crippen LogP contribution in [0.5, 0.6) is 0 Å². The van der Waals surface area contributed by atoms with Gasteiger partial charge in [-0.3, -0.25) is 4.79 Å². The fourth-order valence-electron chi connectivity index (χ4n) is 1.18. The van der Waals surface area contributed by atoms with Crippen LogP contribution in [0, 0.1) is 0 Å². The zero-order valence-electron chi connectivity index (χ0n) is 8.05. The Bertz CT molecular complexity index is 229. The van der Waals surface area contributed by atoms with Gasteiger partial charge in [-0.15, -0.1) is 0 Å². The molecule has 0 amide bonds. The lowest BCUT2D eigenvalue weighted by atomic mass is 10.0. The lowest BCUT2D eigenvalue weighted by Crippen LogP contribution is -2.27. The molecule has 0 spiro atoms. The fraction of sp³-hybridized carbons (Fsp3) is 0.667. The number of ketones is 1. The van der Waals surface area contributed by atoms with Crippen LogP contribution in [0.4, 0.5) is 0 Å². The predicted octanol–water partition coefficient (Wildman–Crippen LogP) is 0.810. The highest BCUT2D eigenvalue weighted by Gasteiger charge is 2.37. The van der Waals surface area contributed by atoms with Crippen molar-refractivity contribution in [3.8, 4) is 0 Å². The molecule has 0 aromatic carbocycles. The maximum Gasteiger partial charge on any atom is 0.193 e. The molecule has 1 saturated heterocycles. The van der Waals surface area contributed by atoms with Gasteiger partial charge in [0, 0.05) is 25.9 Å². The molecule has 1 aliphatic heterocycles. The number of nitrogens with zero attached hydrogens (tertiary/aromatic N) is 1. The van der Waals surface area contributed by atoms with E-state index in [1.54, 1.807) is 13.8 Å². The van der Waals surface area contributed by atoms with E-state index < -0.39 is 5.60 Å². The number of carbonyl (C=O) groups is 1. The second kappa shape index (κ2) is 2.90. The van der Waals surface area contributed by atoms with E-state index in [0.717, 1.165) is 5.57 Å². The molecule has 1 rings (SSSR count). The second-order valence-corrected chi connectivity index (χ2v) is 3.75.